The first-order chi connectivity index (χ1) is 16.8. The number of esters is 1. The fourth-order valence-electron chi connectivity index (χ4n) is 4.28. The largest absolute Gasteiger partial charge is 0.479 e. The van der Waals surface area contributed by atoms with Crippen molar-refractivity contribution in [2.45, 2.75) is 27.7 Å². The molecule has 1 aliphatic carbocycles. The van der Waals surface area contributed by atoms with Crippen molar-refractivity contribution < 1.29 is 23.8 Å². The van der Waals surface area contributed by atoms with Crippen LogP contribution in [-0.2, 0) is 9.53 Å². The Morgan fingerprint density at radius 1 is 1.03 bits per heavy atom. The SMILES string of the molecule is CCN=c1cc2oc3cc(NCC)c(C)cc3c(-c3ccccc3C(=O)OCC(=O)O)c-2cc1C. The first-order valence-electron chi connectivity index (χ1n) is 11.6. The summed E-state index contributed by atoms with van der Waals surface area (Å²) >= 11 is 0. The molecule has 0 bridgehead atoms. The van der Waals surface area contributed by atoms with Gasteiger partial charge in [-0.25, -0.2) is 9.59 Å². The maximum Gasteiger partial charge on any atom is 0.341 e. The third-order valence-corrected chi connectivity index (χ3v) is 5.82. The molecule has 0 atom stereocenters. The average Bonchev–Trinajstić information content (AvgIpc) is 2.83. The van der Waals surface area contributed by atoms with Crippen LogP contribution in [0.15, 0.2) is 57.9 Å². The van der Waals surface area contributed by atoms with Gasteiger partial charge in [0.25, 0.3) is 0 Å². The third kappa shape index (κ3) is 4.75. The summed E-state index contributed by atoms with van der Waals surface area (Å²) in [4.78, 5) is 28.5. The van der Waals surface area contributed by atoms with E-state index in [9.17, 15) is 9.59 Å². The lowest BCUT2D eigenvalue weighted by molar-refractivity contribution is -0.140. The lowest BCUT2D eigenvalue weighted by atomic mass is 9.89. The summed E-state index contributed by atoms with van der Waals surface area (Å²) < 4.78 is 11.4. The Morgan fingerprint density at radius 2 is 1.80 bits per heavy atom. The number of fused-ring (bicyclic) bond motifs is 2. The van der Waals surface area contributed by atoms with Crippen LogP contribution in [0.5, 0.6) is 0 Å². The monoisotopic (exact) mass is 472 g/mol. The molecule has 2 aromatic rings. The van der Waals surface area contributed by atoms with E-state index in [0.29, 0.717) is 23.5 Å². The maximum atomic E-state index is 12.9. The van der Waals surface area contributed by atoms with Crippen LogP contribution in [0, 0.1) is 13.8 Å². The van der Waals surface area contributed by atoms with Crippen LogP contribution in [0.4, 0.5) is 5.69 Å². The molecule has 1 aliphatic heterocycles. The normalized spacial score (nSPS) is 11.7. The molecule has 0 unspecified atom stereocenters. The molecule has 0 radical (unpaired) electrons. The zero-order valence-corrected chi connectivity index (χ0v) is 20.3. The number of carbonyl (C=O) groups is 2. The number of carbonyl (C=O) groups excluding carboxylic acids is 1. The minimum Gasteiger partial charge on any atom is -0.479 e. The standard InChI is InChI=1S/C28H28N2O5/c1-5-29-22-13-24-20(11-16(22)3)27(21-12-17(4)23(30-6-2)14-25(21)35-24)18-9-7-8-10-19(18)28(33)34-15-26(31)32/h7-14,29H,5-6,15H2,1-4H3,(H,31,32). The van der Waals surface area contributed by atoms with Crippen molar-refractivity contribution in [2.24, 2.45) is 4.99 Å². The van der Waals surface area contributed by atoms with E-state index in [1.165, 1.54) is 0 Å². The van der Waals surface area contributed by atoms with Gasteiger partial charge in [0, 0.05) is 47.4 Å². The Morgan fingerprint density at radius 3 is 2.51 bits per heavy atom. The van der Waals surface area contributed by atoms with Gasteiger partial charge in [0.15, 0.2) is 6.61 Å². The van der Waals surface area contributed by atoms with Gasteiger partial charge >= 0.3 is 11.9 Å². The molecule has 0 saturated carbocycles. The van der Waals surface area contributed by atoms with Crippen molar-refractivity contribution in [2.75, 3.05) is 25.0 Å². The van der Waals surface area contributed by atoms with Gasteiger partial charge in [-0.1, -0.05) is 18.2 Å². The second-order valence-electron chi connectivity index (χ2n) is 8.30. The molecule has 2 aromatic carbocycles. The lowest BCUT2D eigenvalue weighted by Crippen LogP contribution is -2.14. The van der Waals surface area contributed by atoms with Gasteiger partial charge in [-0.15, -0.1) is 0 Å². The van der Waals surface area contributed by atoms with Crippen LogP contribution < -0.4 is 10.7 Å². The smallest absolute Gasteiger partial charge is 0.341 e. The highest BCUT2D eigenvalue weighted by Gasteiger charge is 2.23. The van der Waals surface area contributed by atoms with E-state index in [4.69, 9.17) is 14.3 Å². The van der Waals surface area contributed by atoms with Crippen LogP contribution in [0.3, 0.4) is 0 Å². The van der Waals surface area contributed by atoms with E-state index in [1.54, 1.807) is 12.1 Å². The minimum atomic E-state index is -1.21. The van der Waals surface area contributed by atoms with E-state index < -0.39 is 18.5 Å². The number of rotatable bonds is 7. The number of hydrogen-bond acceptors (Lipinski definition) is 6. The van der Waals surface area contributed by atoms with E-state index in [1.807, 2.05) is 64.1 Å². The van der Waals surface area contributed by atoms with Gasteiger partial charge in [0.1, 0.15) is 11.3 Å². The molecule has 180 valence electrons. The fraction of sp³-hybridized carbons (Fsp3) is 0.250. The first kappa shape index (κ1) is 24.0. The van der Waals surface area contributed by atoms with Crippen LogP contribution in [0.2, 0.25) is 0 Å². The van der Waals surface area contributed by atoms with Crippen molar-refractivity contribution >= 4 is 28.6 Å². The lowest BCUT2D eigenvalue weighted by Gasteiger charge is -2.19. The second kappa shape index (κ2) is 10.0. The highest BCUT2D eigenvalue weighted by Crippen LogP contribution is 2.43. The number of ether oxygens (including phenoxy) is 1. The van der Waals surface area contributed by atoms with Crippen LogP contribution >= 0.6 is 0 Å². The van der Waals surface area contributed by atoms with Gasteiger partial charge in [-0.2, -0.15) is 0 Å². The summed E-state index contributed by atoms with van der Waals surface area (Å²) in [6.45, 7) is 8.74. The molecule has 2 N–H and O–H groups in total. The van der Waals surface area contributed by atoms with E-state index >= 15 is 0 Å². The van der Waals surface area contributed by atoms with E-state index in [-0.39, 0.29) is 5.56 Å². The van der Waals surface area contributed by atoms with Crippen molar-refractivity contribution in [1.29, 1.82) is 0 Å². The molecule has 7 nitrogen and oxygen atoms in total. The summed E-state index contributed by atoms with van der Waals surface area (Å²) in [5, 5.41) is 14.0. The highest BCUT2D eigenvalue weighted by atomic mass is 16.5. The number of nitrogens with zero attached hydrogens (tertiary/aromatic N) is 1. The number of aliphatic carboxylic acids is 1. The molecule has 2 aliphatic rings. The molecule has 0 aromatic heterocycles. The van der Waals surface area contributed by atoms with Gasteiger partial charge in [-0.3, -0.25) is 4.99 Å². The zero-order chi connectivity index (χ0) is 25.1. The molecule has 7 heteroatoms. The Balaban J connectivity index is 2.09. The number of aryl methyl sites for hydroxylation is 2. The Kier molecular flexibility index (Phi) is 6.87. The van der Waals surface area contributed by atoms with Crippen LogP contribution in [0.1, 0.15) is 35.3 Å². The average molecular weight is 473 g/mol. The number of nitrogens with one attached hydrogen (secondary N) is 1. The van der Waals surface area contributed by atoms with Crippen molar-refractivity contribution in [3.63, 3.8) is 0 Å². The summed E-state index contributed by atoms with van der Waals surface area (Å²) in [5.41, 5.74) is 6.24. The molecule has 35 heavy (non-hydrogen) atoms. The fourth-order valence-corrected chi connectivity index (χ4v) is 4.28. The number of hydrogen-bond donors (Lipinski definition) is 2. The van der Waals surface area contributed by atoms with Crippen LogP contribution in [0.25, 0.3) is 33.4 Å². The molecule has 0 fully saturated rings. The molecule has 0 spiro atoms. The third-order valence-electron chi connectivity index (χ3n) is 5.82. The summed E-state index contributed by atoms with van der Waals surface area (Å²) in [5.74, 6) is -1.26. The topological polar surface area (TPSA) is 101 Å². The van der Waals surface area contributed by atoms with E-state index in [0.717, 1.165) is 45.2 Å². The van der Waals surface area contributed by atoms with Crippen LogP contribution in [-0.4, -0.2) is 36.7 Å². The first-order valence-corrected chi connectivity index (χ1v) is 11.6. The number of carboxylic acids is 1. The quantitative estimate of drug-likeness (QED) is 0.275. The summed E-state index contributed by atoms with van der Waals surface area (Å²) in [6.07, 6.45) is 0. The van der Waals surface area contributed by atoms with Gasteiger partial charge in [0.05, 0.1) is 10.9 Å². The summed E-state index contributed by atoms with van der Waals surface area (Å²) in [7, 11) is 0. The predicted molar refractivity (Wildman–Crippen MR) is 136 cm³/mol. The molecular formula is C28H28N2O5. The molecule has 0 amide bonds. The van der Waals surface area contributed by atoms with Crippen molar-refractivity contribution in [3.05, 3.63) is 70.6 Å². The molecule has 1 heterocycles. The number of anilines is 1. The molecule has 4 rings (SSSR count). The van der Waals surface area contributed by atoms with Crippen molar-refractivity contribution in [1.82, 2.24) is 0 Å². The molecular weight excluding hydrogens is 444 g/mol. The number of benzene rings is 3. The minimum absolute atomic E-state index is 0.288. The van der Waals surface area contributed by atoms with Gasteiger partial charge < -0.3 is 19.6 Å². The highest BCUT2D eigenvalue weighted by molar-refractivity contribution is 6.08. The Labute approximate surface area is 203 Å². The van der Waals surface area contributed by atoms with Gasteiger partial charge in [0.2, 0.25) is 0 Å². The number of carboxylic acid groups (broad SMARTS) is 1. The maximum absolute atomic E-state index is 12.9. The Bertz CT molecular complexity index is 1470. The van der Waals surface area contributed by atoms with E-state index in [2.05, 4.69) is 10.3 Å². The molecule has 0 saturated heterocycles. The second-order valence-corrected chi connectivity index (χ2v) is 8.30. The Hall–Kier alpha value is -4.13. The predicted octanol–water partition coefficient (Wildman–Crippen LogP) is 5.42. The van der Waals surface area contributed by atoms with Gasteiger partial charge in [-0.05, 0) is 62.6 Å². The zero-order valence-electron chi connectivity index (χ0n) is 20.3. The van der Waals surface area contributed by atoms with Crippen molar-refractivity contribution in [3.8, 4) is 22.5 Å². The summed E-state index contributed by atoms with van der Waals surface area (Å²) in [6, 6.07) is 15.0.